The molecule has 1 fully saturated rings. The Morgan fingerprint density at radius 3 is 2.46 bits per heavy atom. The highest BCUT2D eigenvalue weighted by Crippen LogP contribution is 2.23. The fraction of sp³-hybridized carbons (Fsp3) is 0.190. The number of rotatable bonds is 5. The van der Waals surface area contributed by atoms with Gasteiger partial charge in [-0.05, 0) is 35.9 Å². The Bertz CT molecular complexity index is 1050. The number of anilines is 1. The molecule has 1 aliphatic heterocycles. The molecule has 0 unspecified atom stereocenters. The second kappa shape index (κ2) is 7.56. The number of pyridine rings is 2. The second-order valence-electron chi connectivity index (χ2n) is 6.58. The lowest BCUT2D eigenvalue weighted by Gasteiger charge is -2.13. The number of imide groups is 1. The summed E-state index contributed by atoms with van der Waals surface area (Å²) in [6.45, 7) is 0.122. The smallest absolute Gasteiger partial charge is 0.229 e. The first-order valence-corrected chi connectivity index (χ1v) is 9.04. The number of hydrogen-bond acceptors (Lipinski definition) is 5. The molecule has 4 rings (SSSR count). The van der Waals surface area contributed by atoms with E-state index in [2.05, 4.69) is 15.3 Å². The molecule has 1 saturated heterocycles. The first kappa shape index (κ1) is 17.8. The van der Waals surface area contributed by atoms with Crippen LogP contribution in [0.15, 0.2) is 54.9 Å². The van der Waals surface area contributed by atoms with Crippen molar-refractivity contribution < 1.29 is 14.4 Å². The fourth-order valence-corrected chi connectivity index (χ4v) is 3.17. The molecular weight excluding hydrogens is 356 g/mol. The number of carbonyl (C=O) groups is 3. The minimum Gasteiger partial charge on any atom is -0.326 e. The van der Waals surface area contributed by atoms with E-state index in [1.165, 1.54) is 0 Å². The lowest BCUT2D eigenvalue weighted by Crippen LogP contribution is -2.32. The van der Waals surface area contributed by atoms with Crippen molar-refractivity contribution in [2.24, 2.45) is 0 Å². The van der Waals surface area contributed by atoms with Gasteiger partial charge >= 0.3 is 0 Å². The molecule has 0 saturated carbocycles. The van der Waals surface area contributed by atoms with Gasteiger partial charge in [0.2, 0.25) is 17.7 Å². The van der Waals surface area contributed by atoms with Gasteiger partial charge in [0.05, 0.1) is 11.0 Å². The summed E-state index contributed by atoms with van der Waals surface area (Å²) in [6.07, 6.45) is 4.08. The maximum atomic E-state index is 12.1. The van der Waals surface area contributed by atoms with Crippen LogP contribution in [0.25, 0.3) is 22.2 Å². The topological polar surface area (TPSA) is 92.3 Å². The molecule has 3 heterocycles. The number of amides is 3. The quantitative estimate of drug-likeness (QED) is 0.693. The van der Waals surface area contributed by atoms with Crippen LogP contribution in [-0.4, -0.2) is 39.1 Å². The molecule has 28 heavy (non-hydrogen) atoms. The van der Waals surface area contributed by atoms with Crippen molar-refractivity contribution in [3.05, 3.63) is 54.9 Å². The number of hydrogen-bond donors (Lipinski definition) is 1. The minimum absolute atomic E-state index is 0.0828. The molecule has 0 bridgehead atoms. The van der Waals surface area contributed by atoms with Gasteiger partial charge in [-0.3, -0.25) is 29.3 Å². The van der Waals surface area contributed by atoms with Gasteiger partial charge in [-0.15, -0.1) is 0 Å². The Labute approximate surface area is 161 Å². The van der Waals surface area contributed by atoms with E-state index in [0.717, 1.165) is 27.1 Å². The van der Waals surface area contributed by atoms with Crippen LogP contribution in [0, 0.1) is 0 Å². The average Bonchev–Trinajstić information content (AvgIpc) is 3.04. The Hall–Kier alpha value is -3.61. The maximum Gasteiger partial charge on any atom is 0.229 e. The van der Waals surface area contributed by atoms with Crippen LogP contribution in [0.2, 0.25) is 0 Å². The van der Waals surface area contributed by atoms with E-state index in [1.54, 1.807) is 12.4 Å². The van der Waals surface area contributed by atoms with Crippen LogP contribution in [-0.2, 0) is 14.4 Å². The molecule has 1 aliphatic rings. The van der Waals surface area contributed by atoms with Crippen LogP contribution in [0.5, 0.6) is 0 Å². The zero-order valence-electron chi connectivity index (χ0n) is 15.1. The summed E-state index contributed by atoms with van der Waals surface area (Å²) in [6, 6.07) is 13.1. The van der Waals surface area contributed by atoms with E-state index in [9.17, 15) is 14.4 Å². The van der Waals surface area contributed by atoms with Crippen molar-refractivity contribution in [3.63, 3.8) is 0 Å². The number of fused-ring (bicyclic) bond motifs is 1. The molecule has 0 aliphatic carbocycles. The van der Waals surface area contributed by atoms with Crippen molar-refractivity contribution in [3.8, 4) is 11.1 Å². The van der Waals surface area contributed by atoms with Crippen molar-refractivity contribution in [2.75, 3.05) is 11.9 Å². The van der Waals surface area contributed by atoms with Crippen molar-refractivity contribution in [2.45, 2.75) is 19.3 Å². The van der Waals surface area contributed by atoms with E-state index in [-0.39, 0.29) is 43.5 Å². The largest absolute Gasteiger partial charge is 0.326 e. The van der Waals surface area contributed by atoms with Crippen molar-refractivity contribution >= 4 is 34.4 Å². The molecule has 7 heteroatoms. The van der Waals surface area contributed by atoms with E-state index >= 15 is 0 Å². The Morgan fingerprint density at radius 1 is 0.964 bits per heavy atom. The number of benzene rings is 1. The van der Waals surface area contributed by atoms with Gasteiger partial charge in [-0.1, -0.05) is 12.1 Å². The third-order valence-corrected chi connectivity index (χ3v) is 4.67. The van der Waals surface area contributed by atoms with E-state index in [1.807, 2.05) is 42.5 Å². The molecule has 0 radical (unpaired) electrons. The van der Waals surface area contributed by atoms with Gasteiger partial charge < -0.3 is 5.32 Å². The fourth-order valence-electron chi connectivity index (χ4n) is 3.17. The van der Waals surface area contributed by atoms with Crippen molar-refractivity contribution in [1.29, 1.82) is 0 Å². The van der Waals surface area contributed by atoms with Crippen LogP contribution in [0.1, 0.15) is 19.3 Å². The third-order valence-electron chi connectivity index (χ3n) is 4.67. The summed E-state index contributed by atoms with van der Waals surface area (Å²) in [4.78, 5) is 45.1. The number of carbonyl (C=O) groups excluding carboxylic acids is 3. The Morgan fingerprint density at radius 2 is 1.71 bits per heavy atom. The van der Waals surface area contributed by atoms with Gasteiger partial charge in [0, 0.05) is 49.5 Å². The zero-order valence-corrected chi connectivity index (χ0v) is 15.1. The van der Waals surface area contributed by atoms with Crippen LogP contribution < -0.4 is 5.32 Å². The van der Waals surface area contributed by atoms with Crippen LogP contribution in [0.3, 0.4) is 0 Å². The van der Waals surface area contributed by atoms with E-state index < -0.39 is 0 Å². The summed E-state index contributed by atoms with van der Waals surface area (Å²) < 4.78 is 0. The van der Waals surface area contributed by atoms with Gasteiger partial charge in [-0.2, -0.15) is 0 Å². The maximum absolute atomic E-state index is 12.1. The molecule has 0 atom stereocenters. The highest BCUT2D eigenvalue weighted by molar-refractivity contribution is 6.02. The van der Waals surface area contributed by atoms with Gasteiger partial charge in [0.15, 0.2) is 0 Å². The Balaban J connectivity index is 1.39. The summed E-state index contributed by atoms with van der Waals surface area (Å²) in [7, 11) is 0. The number of aromatic nitrogens is 2. The van der Waals surface area contributed by atoms with Crippen LogP contribution >= 0.6 is 0 Å². The summed E-state index contributed by atoms with van der Waals surface area (Å²) in [5.74, 6) is -0.655. The molecular formula is C21H18N4O3. The molecule has 2 aromatic heterocycles. The molecule has 3 aromatic rings. The number of likely N-dealkylation sites (tertiary alicyclic amines) is 1. The highest BCUT2D eigenvalue weighted by Gasteiger charge is 2.28. The number of nitrogens with zero attached hydrogens (tertiary/aromatic N) is 3. The summed E-state index contributed by atoms with van der Waals surface area (Å²) in [5, 5.41) is 2.79. The lowest BCUT2D eigenvalue weighted by molar-refractivity contribution is -0.138. The summed E-state index contributed by atoms with van der Waals surface area (Å²) in [5.41, 5.74) is 4.22. The van der Waals surface area contributed by atoms with Crippen LogP contribution in [0.4, 0.5) is 5.69 Å². The SMILES string of the molecule is O=C(CCN1C(=O)CCC1=O)Nc1ccc(-c2cnc3cccnc3c2)cc1. The molecule has 1 aromatic carbocycles. The molecule has 140 valence electrons. The molecule has 3 amide bonds. The average molecular weight is 374 g/mol. The van der Waals surface area contributed by atoms with E-state index in [4.69, 9.17) is 0 Å². The second-order valence-corrected chi connectivity index (χ2v) is 6.58. The van der Waals surface area contributed by atoms with E-state index in [0.29, 0.717) is 5.69 Å². The van der Waals surface area contributed by atoms with Gasteiger partial charge in [0.25, 0.3) is 0 Å². The predicted octanol–water partition coefficient (Wildman–Crippen LogP) is 2.77. The zero-order chi connectivity index (χ0) is 19.5. The highest BCUT2D eigenvalue weighted by atomic mass is 16.2. The minimum atomic E-state index is -0.239. The predicted molar refractivity (Wildman–Crippen MR) is 104 cm³/mol. The number of nitrogens with one attached hydrogen (secondary N) is 1. The van der Waals surface area contributed by atoms with Gasteiger partial charge in [-0.25, -0.2) is 0 Å². The molecule has 7 nitrogen and oxygen atoms in total. The first-order chi connectivity index (χ1) is 13.6. The van der Waals surface area contributed by atoms with Crippen molar-refractivity contribution in [1.82, 2.24) is 14.9 Å². The lowest BCUT2D eigenvalue weighted by atomic mass is 10.1. The monoisotopic (exact) mass is 374 g/mol. The molecule has 1 N–H and O–H groups in total. The first-order valence-electron chi connectivity index (χ1n) is 9.04. The van der Waals surface area contributed by atoms with Gasteiger partial charge in [0.1, 0.15) is 0 Å². The standard InChI is InChI=1S/C21H18N4O3/c26-19(9-11-25-20(27)7-8-21(25)28)24-16-5-3-14(4-6-16)15-12-18-17(23-13-15)2-1-10-22-18/h1-6,10,12-13H,7-9,11H2,(H,24,26). The Kier molecular flexibility index (Phi) is 4.80. The molecule has 0 spiro atoms. The third kappa shape index (κ3) is 3.73. The summed E-state index contributed by atoms with van der Waals surface area (Å²) >= 11 is 0. The normalized spacial score (nSPS) is 13.9.